The maximum absolute atomic E-state index is 10.2. The monoisotopic (exact) mass is 377 g/mol. The number of hydrogen-bond acceptors (Lipinski definition) is 8. The molecule has 142 valence electrons. The number of anilines is 1. The van der Waals surface area contributed by atoms with Crippen LogP contribution in [-0.2, 0) is 6.42 Å². The van der Waals surface area contributed by atoms with E-state index in [-0.39, 0.29) is 12.1 Å². The van der Waals surface area contributed by atoms with Crippen LogP contribution in [0.25, 0.3) is 0 Å². The Bertz CT molecular complexity index is 699. The lowest BCUT2D eigenvalue weighted by molar-refractivity contribution is 0.0966. The van der Waals surface area contributed by atoms with Crippen LogP contribution in [-0.4, -0.2) is 45.6 Å². The fourth-order valence-corrected chi connectivity index (χ4v) is 3.12. The second-order valence-electron chi connectivity index (χ2n) is 6.88. The molecule has 2 heterocycles. The van der Waals surface area contributed by atoms with Gasteiger partial charge in [-0.15, -0.1) is 11.3 Å². The first-order valence-corrected chi connectivity index (χ1v) is 9.40. The lowest BCUT2D eigenvalue weighted by atomic mass is 9.99. The van der Waals surface area contributed by atoms with Gasteiger partial charge in [-0.2, -0.15) is 10.1 Å². The van der Waals surface area contributed by atoms with E-state index in [2.05, 4.69) is 57.2 Å². The van der Waals surface area contributed by atoms with Gasteiger partial charge in [-0.1, -0.05) is 6.07 Å². The van der Waals surface area contributed by atoms with Crippen LogP contribution in [0.2, 0.25) is 0 Å². The van der Waals surface area contributed by atoms with Gasteiger partial charge < -0.3 is 15.2 Å². The first-order chi connectivity index (χ1) is 12.3. The molecule has 0 aromatic carbocycles. The molecule has 26 heavy (non-hydrogen) atoms. The Morgan fingerprint density at radius 1 is 1.38 bits per heavy atom. The van der Waals surface area contributed by atoms with Crippen LogP contribution in [0, 0.1) is 0 Å². The highest BCUT2D eigenvalue weighted by molar-refractivity contribution is 7.09. The number of hydrogen-bond donors (Lipinski definition) is 3. The summed E-state index contributed by atoms with van der Waals surface area (Å²) in [6, 6.07) is 5.82. The summed E-state index contributed by atoms with van der Waals surface area (Å²) in [5.41, 5.74) is 3.51. The molecule has 0 aliphatic heterocycles. The van der Waals surface area contributed by atoms with Gasteiger partial charge in [-0.05, 0) is 45.6 Å². The van der Waals surface area contributed by atoms with E-state index in [1.54, 1.807) is 23.6 Å². The molecule has 0 aliphatic rings. The summed E-state index contributed by atoms with van der Waals surface area (Å²) in [5.74, 6) is 0.747. The highest BCUT2D eigenvalue weighted by Crippen LogP contribution is 2.17. The number of ether oxygens (including phenoxy) is 1. The second-order valence-corrected chi connectivity index (χ2v) is 7.91. The average molecular weight is 378 g/mol. The summed E-state index contributed by atoms with van der Waals surface area (Å²) in [4.78, 5) is 9.57. The minimum atomic E-state index is -0.639. The number of thiophene rings is 1. The molecule has 3 N–H and O–H groups in total. The standard InChI is InChI=1S/C18H27N5O2S/c1-13(2)22-23-17-19-8-7-16(21-17)25-12-14(24)11-20-18(3,4)10-15-6-5-9-26-15/h5-9,14,20,24H,10-12H2,1-4H3,(H,19,21,23). The summed E-state index contributed by atoms with van der Waals surface area (Å²) in [6.45, 7) is 8.58. The van der Waals surface area contributed by atoms with Gasteiger partial charge in [-0.25, -0.2) is 10.4 Å². The summed E-state index contributed by atoms with van der Waals surface area (Å²) in [5, 5.41) is 19.7. The zero-order chi connectivity index (χ0) is 19.0. The maximum atomic E-state index is 10.2. The third-order valence-electron chi connectivity index (χ3n) is 3.45. The van der Waals surface area contributed by atoms with Crippen molar-refractivity contribution in [2.45, 2.75) is 45.8 Å². The van der Waals surface area contributed by atoms with Crippen molar-refractivity contribution in [3.63, 3.8) is 0 Å². The van der Waals surface area contributed by atoms with Crippen LogP contribution in [0.3, 0.4) is 0 Å². The molecule has 0 fully saturated rings. The van der Waals surface area contributed by atoms with E-state index < -0.39 is 6.10 Å². The SMILES string of the molecule is CC(C)=NNc1nccc(OCC(O)CNC(C)(C)Cc2cccs2)n1. The Balaban J connectivity index is 1.76. The Kier molecular flexibility index (Phi) is 7.50. The van der Waals surface area contributed by atoms with Crippen LogP contribution < -0.4 is 15.5 Å². The van der Waals surface area contributed by atoms with Crippen molar-refractivity contribution in [3.8, 4) is 5.88 Å². The van der Waals surface area contributed by atoms with Crippen molar-refractivity contribution in [1.82, 2.24) is 15.3 Å². The van der Waals surface area contributed by atoms with Gasteiger partial charge in [-0.3, -0.25) is 0 Å². The van der Waals surface area contributed by atoms with Crippen LogP contribution >= 0.6 is 11.3 Å². The first kappa shape index (κ1) is 20.3. The lowest BCUT2D eigenvalue weighted by Crippen LogP contribution is -2.46. The van der Waals surface area contributed by atoms with Gasteiger partial charge in [0, 0.05) is 34.9 Å². The molecule has 2 aromatic rings. The van der Waals surface area contributed by atoms with E-state index >= 15 is 0 Å². The molecule has 0 saturated heterocycles. The van der Waals surface area contributed by atoms with E-state index in [0.717, 1.165) is 12.1 Å². The Morgan fingerprint density at radius 3 is 2.88 bits per heavy atom. The van der Waals surface area contributed by atoms with Crippen molar-refractivity contribution < 1.29 is 9.84 Å². The van der Waals surface area contributed by atoms with Gasteiger partial charge in [0.1, 0.15) is 12.7 Å². The highest BCUT2D eigenvalue weighted by atomic mass is 32.1. The number of aliphatic hydroxyl groups is 1. The predicted molar refractivity (Wildman–Crippen MR) is 106 cm³/mol. The summed E-state index contributed by atoms with van der Waals surface area (Å²) in [7, 11) is 0. The number of rotatable bonds is 10. The van der Waals surface area contributed by atoms with Crippen LogP contribution in [0.4, 0.5) is 5.95 Å². The van der Waals surface area contributed by atoms with E-state index in [4.69, 9.17) is 4.74 Å². The van der Waals surface area contributed by atoms with Gasteiger partial charge in [0.2, 0.25) is 11.8 Å². The smallest absolute Gasteiger partial charge is 0.246 e. The number of aliphatic hydroxyl groups excluding tert-OH is 1. The number of nitrogens with zero attached hydrogens (tertiary/aromatic N) is 3. The summed E-state index contributed by atoms with van der Waals surface area (Å²) in [6.07, 6.45) is 1.86. The van der Waals surface area contributed by atoms with E-state index in [9.17, 15) is 5.11 Å². The third-order valence-corrected chi connectivity index (χ3v) is 4.32. The zero-order valence-corrected chi connectivity index (χ0v) is 16.5. The van der Waals surface area contributed by atoms with Crippen molar-refractivity contribution in [1.29, 1.82) is 0 Å². The Morgan fingerprint density at radius 2 is 2.19 bits per heavy atom. The molecule has 0 spiro atoms. The molecule has 1 unspecified atom stereocenters. The normalized spacial score (nSPS) is 12.5. The third kappa shape index (κ3) is 7.47. The quantitative estimate of drug-likeness (QED) is 0.436. The Labute approximate surface area is 158 Å². The largest absolute Gasteiger partial charge is 0.475 e. The molecule has 0 bridgehead atoms. The molecule has 0 amide bonds. The second kappa shape index (κ2) is 9.61. The van der Waals surface area contributed by atoms with Crippen molar-refractivity contribution in [2.75, 3.05) is 18.6 Å². The first-order valence-electron chi connectivity index (χ1n) is 8.52. The molecular weight excluding hydrogens is 350 g/mol. The van der Waals surface area contributed by atoms with Crippen molar-refractivity contribution >= 4 is 23.0 Å². The zero-order valence-electron chi connectivity index (χ0n) is 15.7. The molecule has 0 aliphatic carbocycles. The van der Waals surface area contributed by atoms with E-state index in [0.29, 0.717) is 18.4 Å². The molecule has 0 saturated carbocycles. The molecule has 8 heteroatoms. The van der Waals surface area contributed by atoms with Crippen molar-refractivity contribution in [2.24, 2.45) is 5.10 Å². The molecule has 2 aromatic heterocycles. The van der Waals surface area contributed by atoms with Crippen molar-refractivity contribution in [3.05, 3.63) is 34.7 Å². The minimum absolute atomic E-state index is 0.103. The summed E-state index contributed by atoms with van der Waals surface area (Å²) >= 11 is 1.74. The number of nitrogens with one attached hydrogen (secondary N) is 2. The fourth-order valence-electron chi connectivity index (χ4n) is 2.18. The number of aromatic nitrogens is 2. The molecule has 2 rings (SSSR count). The van der Waals surface area contributed by atoms with Crippen LogP contribution in [0.1, 0.15) is 32.6 Å². The molecule has 1 atom stereocenters. The van der Waals surface area contributed by atoms with Crippen LogP contribution in [0.15, 0.2) is 34.9 Å². The van der Waals surface area contributed by atoms with Gasteiger partial charge >= 0.3 is 0 Å². The average Bonchev–Trinajstić information content (AvgIpc) is 3.09. The Hall–Kier alpha value is -2.03. The van der Waals surface area contributed by atoms with E-state index in [1.807, 2.05) is 13.8 Å². The summed E-state index contributed by atoms with van der Waals surface area (Å²) < 4.78 is 5.56. The molecular formula is C18H27N5O2S. The predicted octanol–water partition coefficient (Wildman–Crippen LogP) is 2.70. The maximum Gasteiger partial charge on any atom is 0.246 e. The molecule has 7 nitrogen and oxygen atoms in total. The number of hydrazone groups is 1. The van der Waals surface area contributed by atoms with Crippen LogP contribution in [0.5, 0.6) is 5.88 Å². The van der Waals surface area contributed by atoms with Gasteiger partial charge in [0.05, 0.1) is 0 Å². The highest BCUT2D eigenvalue weighted by Gasteiger charge is 2.20. The van der Waals surface area contributed by atoms with Gasteiger partial charge in [0.15, 0.2) is 0 Å². The van der Waals surface area contributed by atoms with Gasteiger partial charge in [0.25, 0.3) is 0 Å². The van der Waals surface area contributed by atoms with E-state index in [1.165, 1.54) is 4.88 Å². The number of β-amino-alcohol motifs (C(OH)–C–C–N with tert-alkyl or cyclic N) is 1. The topological polar surface area (TPSA) is 91.7 Å². The fraction of sp³-hybridized carbons (Fsp3) is 0.500. The lowest BCUT2D eigenvalue weighted by Gasteiger charge is -2.27. The molecule has 0 radical (unpaired) electrons. The minimum Gasteiger partial charge on any atom is -0.475 e.